The van der Waals surface area contributed by atoms with Crippen molar-refractivity contribution in [1.82, 2.24) is 0 Å². The number of unbranched alkanes of at least 4 members (excludes halogenated alkanes) is 32. The molecule has 1 atom stereocenters. The van der Waals surface area contributed by atoms with Gasteiger partial charge < -0.3 is 14.2 Å². The van der Waals surface area contributed by atoms with Crippen LogP contribution in [0.25, 0.3) is 0 Å². The van der Waals surface area contributed by atoms with Gasteiger partial charge in [0, 0.05) is 19.3 Å². The van der Waals surface area contributed by atoms with E-state index in [2.05, 4.69) is 142 Å². The Kier molecular flexibility index (Phi) is 66.7. The van der Waals surface area contributed by atoms with E-state index in [1.165, 1.54) is 154 Å². The number of carbonyl (C=O) groups excluding carboxylic acids is 3. The summed E-state index contributed by atoms with van der Waals surface area (Å²) in [5.74, 6) is -0.920. The molecule has 0 rings (SSSR count). The summed E-state index contributed by atoms with van der Waals surface area (Å²) in [6.45, 7) is 6.43. The van der Waals surface area contributed by atoms with Gasteiger partial charge in [-0.25, -0.2) is 0 Å². The van der Waals surface area contributed by atoms with Gasteiger partial charge >= 0.3 is 17.9 Å². The van der Waals surface area contributed by atoms with Crippen LogP contribution in [0.15, 0.2) is 122 Å². The van der Waals surface area contributed by atoms with Crippen LogP contribution in [0, 0.1) is 0 Å². The van der Waals surface area contributed by atoms with E-state index >= 15 is 0 Å². The summed E-state index contributed by atoms with van der Waals surface area (Å²) in [5.41, 5.74) is 0. The average Bonchev–Trinajstić information content (AvgIpc) is 3.48. The quantitative estimate of drug-likeness (QED) is 0.0261. The summed E-state index contributed by atoms with van der Waals surface area (Å²) in [6.07, 6.45) is 98.5. The maximum atomic E-state index is 12.8. The first-order chi connectivity index (χ1) is 41.0. The molecule has 0 saturated carbocycles. The van der Waals surface area contributed by atoms with Crippen LogP contribution in [0.3, 0.4) is 0 Å². The molecule has 0 radical (unpaired) electrons. The van der Waals surface area contributed by atoms with Crippen molar-refractivity contribution in [3.8, 4) is 0 Å². The molecule has 0 aliphatic rings. The second-order valence-corrected chi connectivity index (χ2v) is 23.1. The topological polar surface area (TPSA) is 78.9 Å². The van der Waals surface area contributed by atoms with Crippen LogP contribution in [-0.4, -0.2) is 37.2 Å². The first kappa shape index (κ1) is 78.8. The molecule has 0 aromatic carbocycles. The van der Waals surface area contributed by atoms with Gasteiger partial charge in [-0.1, -0.05) is 316 Å². The molecular formula is C77H130O6. The smallest absolute Gasteiger partial charge is 0.306 e. The Bertz CT molecular complexity index is 1700. The Labute approximate surface area is 513 Å². The Morgan fingerprint density at radius 1 is 0.253 bits per heavy atom. The van der Waals surface area contributed by atoms with E-state index < -0.39 is 6.10 Å². The Morgan fingerprint density at radius 2 is 0.470 bits per heavy atom. The largest absolute Gasteiger partial charge is 0.462 e. The highest BCUT2D eigenvalue weighted by Gasteiger charge is 2.19. The zero-order valence-electron chi connectivity index (χ0n) is 54.4. The van der Waals surface area contributed by atoms with E-state index in [1.807, 2.05) is 0 Å². The fourth-order valence-corrected chi connectivity index (χ4v) is 9.73. The maximum absolute atomic E-state index is 12.8. The molecule has 0 heterocycles. The highest BCUT2D eigenvalue weighted by molar-refractivity contribution is 5.71. The van der Waals surface area contributed by atoms with Crippen molar-refractivity contribution in [2.24, 2.45) is 0 Å². The van der Waals surface area contributed by atoms with Crippen molar-refractivity contribution in [2.75, 3.05) is 13.2 Å². The average molecular weight is 1150 g/mol. The summed E-state index contributed by atoms with van der Waals surface area (Å²) < 4.78 is 16.8. The van der Waals surface area contributed by atoms with Gasteiger partial charge in [-0.3, -0.25) is 14.4 Å². The first-order valence-electron chi connectivity index (χ1n) is 35.0. The van der Waals surface area contributed by atoms with Gasteiger partial charge in [-0.2, -0.15) is 0 Å². The van der Waals surface area contributed by atoms with Crippen molar-refractivity contribution in [3.63, 3.8) is 0 Å². The van der Waals surface area contributed by atoms with E-state index in [-0.39, 0.29) is 31.1 Å². The summed E-state index contributed by atoms with van der Waals surface area (Å²) in [7, 11) is 0. The minimum Gasteiger partial charge on any atom is -0.462 e. The fraction of sp³-hybridized carbons (Fsp3) is 0.701. The molecule has 6 nitrogen and oxygen atoms in total. The van der Waals surface area contributed by atoms with Crippen molar-refractivity contribution >= 4 is 17.9 Å². The molecule has 0 aromatic heterocycles. The lowest BCUT2D eigenvalue weighted by Crippen LogP contribution is -2.30. The van der Waals surface area contributed by atoms with Gasteiger partial charge in [-0.15, -0.1) is 0 Å². The third kappa shape index (κ3) is 68.5. The minimum atomic E-state index is -0.791. The monoisotopic (exact) mass is 1150 g/mol. The maximum Gasteiger partial charge on any atom is 0.306 e. The molecule has 0 N–H and O–H groups in total. The van der Waals surface area contributed by atoms with Gasteiger partial charge in [0.05, 0.1) is 0 Å². The van der Waals surface area contributed by atoms with Crippen LogP contribution in [-0.2, 0) is 28.6 Å². The number of hydrogen-bond donors (Lipinski definition) is 0. The second-order valence-electron chi connectivity index (χ2n) is 23.1. The summed E-state index contributed by atoms with van der Waals surface area (Å²) in [6, 6.07) is 0. The van der Waals surface area contributed by atoms with Crippen molar-refractivity contribution in [1.29, 1.82) is 0 Å². The normalized spacial score (nSPS) is 12.9. The molecule has 0 bridgehead atoms. The zero-order valence-corrected chi connectivity index (χ0v) is 54.4. The highest BCUT2D eigenvalue weighted by Crippen LogP contribution is 2.17. The third-order valence-electron chi connectivity index (χ3n) is 15.0. The van der Waals surface area contributed by atoms with E-state index in [0.717, 1.165) is 135 Å². The van der Waals surface area contributed by atoms with Crippen LogP contribution >= 0.6 is 0 Å². The van der Waals surface area contributed by atoms with Crippen molar-refractivity contribution < 1.29 is 28.6 Å². The third-order valence-corrected chi connectivity index (χ3v) is 15.0. The van der Waals surface area contributed by atoms with Crippen molar-refractivity contribution in [2.45, 2.75) is 335 Å². The SMILES string of the molecule is CC/C=C\C/C=C\C/C=C\C/C=C\C/C=C\C/C=C\C/C=C\C/C=C\CCCCCCC(=O)OC(COC(=O)CCCCCCC)COC(=O)CCCCCCCCCCCCCCCCCCCCC/C=C\C/C=C\CCCCCCC. The first-order valence-corrected chi connectivity index (χ1v) is 35.0. The molecule has 0 aromatic rings. The Morgan fingerprint density at radius 3 is 0.735 bits per heavy atom. The molecule has 6 heteroatoms. The van der Waals surface area contributed by atoms with Gasteiger partial charge in [0.1, 0.15) is 13.2 Å². The standard InChI is InChI=1S/C77H130O6/c1-4-7-10-13-15-17-19-21-23-25-27-29-31-33-35-37-38-40-41-43-45-47-49-51-53-55-57-59-61-64-67-70-76(79)82-73-74(72-81-75(78)69-66-63-12-9-6-3)83-77(80)71-68-65-62-60-58-56-54-52-50-48-46-44-42-39-36-34-32-30-28-26-24-22-20-18-16-14-11-8-5-2/h8,11,16,18-19,21-22,24-25,27-28,30,34,36,42,44,48,50,54,56,74H,4-7,9-10,12-15,17,20,23,26,29,31-33,35,37-41,43,45-47,49,51-53,55,57-73H2,1-3H3/b11-8-,18-16-,21-19-,24-22-,27-25-,30-28-,36-34-,44-42-,50-48-,56-54-. The lowest BCUT2D eigenvalue weighted by Gasteiger charge is -2.18. The number of hydrogen-bond acceptors (Lipinski definition) is 6. The van der Waals surface area contributed by atoms with Crippen LogP contribution in [0.5, 0.6) is 0 Å². The Hall–Kier alpha value is -4.19. The highest BCUT2D eigenvalue weighted by atomic mass is 16.6. The van der Waals surface area contributed by atoms with Gasteiger partial charge in [0.2, 0.25) is 0 Å². The number of esters is 3. The lowest BCUT2D eigenvalue weighted by atomic mass is 10.0. The van der Waals surface area contributed by atoms with E-state index in [1.54, 1.807) is 0 Å². The number of rotatable bonds is 63. The zero-order chi connectivity index (χ0) is 59.9. The summed E-state index contributed by atoms with van der Waals surface area (Å²) in [5, 5.41) is 0. The number of carbonyl (C=O) groups is 3. The molecule has 83 heavy (non-hydrogen) atoms. The van der Waals surface area contributed by atoms with Crippen molar-refractivity contribution in [3.05, 3.63) is 122 Å². The van der Waals surface area contributed by atoms with Gasteiger partial charge in [0.25, 0.3) is 0 Å². The van der Waals surface area contributed by atoms with E-state index in [0.29, 0.717) is 19.3 Å². The minimum absolute atomic E-state index is 0.0881. The molecule has 474 valence electrons. The van der Waals surface area contributed by atoms with Crippen LogP contribution < -0.4 is 0 Å². The molecular weight excluding hydrogens is 1020 g/mol. The molecule has 0 saturated heterocycles. The molecule has 0 fully saturated rings. The van der Waals surface area contributed by atoms with Crippen LogP contribution in [0.4, 0.5) is 0 Å². The van der Waals surface area contributed by atoms with E-state index in [9.17, 15) is 14.4 Å². The van der Waals surface area contributed by atoms with Crippen LogP contribution in [0.1, 0.15) is 329 Å². The predicted octanol–water partition coefficient (Wildman–Crippen LogP) is 24.3. The molecule has 0 amide bonds. The van der Waals surface area contributed by atoms with Gasteiger partial charge in [-0.05, 0) is 116 Å². The predicted molar refractivity (Wildman–Crippen MR) is 362 cm³/mol. The fourth-order valence-electron chi connectivity index (χ4n) is 9.73. The van der Waals surface area contributed by atoms with Crippen LogP contribution in [0.2, 0.25) is 0 Å². The Balaban J connectivity index is 4.05. The number of ether oxygens (including phenoxy) is 3. The molecule has 0 aliphatic heterocycles. The van der Waals surface area contributed by atoms with Gasteiger partial charge in [0.15, 0.2) is 6.10 Å². The molecule has 1 unspecified atom stereocenters. The molecule has 0 spiro atoms. The summed E-state index contributed by atoms with van der Waals surface area (Å²) in [4.78, 5) is 38.0. The second kappa shape index (κ2) is 70.3. The summed E-state index contributed by atoms with van der Waals surface area (Å²) >= 11 is 0. The van der Waals surface area contributed by atoms with E-state index in [4.69, 9.17) is 14.2 Å². The lowest BCUT2D eigenvalue weighted by molar-refractivity contribution is -0.167. The number of allylic oxidation sites excluding steroid dienone is 20. The molecule has 0 aliphatic carbocycles.